The van der Waals surface area contributed by atoms with Crippen molar-refractivity contribution in [1.82, 2.24) is 4.90 Å². The molecule has 142 valence electrons. The van der Waals surface area contributed by atoms with Crippen LogP contribution in [-0.4, -0.2) is 54.5 Å². The van der Waals surface area contributed by atoms with Crippen molar-refractivity contribution >= 4 is 11.6 Å². The maximum Gasteiger partial charge on any atom is 0.224 e. The number of piperidine rings is 1. The van der Waals surface area contributed by atoms with Gasteiger partial charge in [-0.2, -0.15) is 0 Å². The zero-order valence-corrected chi connectivity index (χ0v) is 15.6. The van der Waals surface area contributed by atoms with E-state index in [1.807, 2.05) is 17.0 Å². The van der Waals surface area contributed by atoms with Crippen molar-refractivity contribution in [3.8, 4) is 5.75 Å². The molecule has 4 heterocycles. The number of anilines is 1. The molecule has 4 aliphatic heterocycles. The van der Waals surface area contributed by atoms with Gasteiger partial charge in [-0.1, -0.05) is 6.07 Å². The molecule has 1 aromatic rings. The molecule has 6 atom stereocenters. The first kappa shape index (κ1) is 16.0. The third-order valence-corrected chi connectivity index (χ3v) is 7.82. The van der Waals surface area contributed by atoms with Gasteiger partial charge in [-0.25, -0.2) is 0 Å². The van der Waals surface area contributed by atoms with Crippen LogP contribution < -0.4 is 9.64 Å². The molecule has 5 aliphatic rings. The van der Waals surface area contributed by atoms with Crippen molar-refractivity contribution in [2.75, 3.05) is 25.1 Å². The number of methoxy groups -OCH3 is 1. The molecule has 1 aliphatic carbocycles. The fourth-order valence-electron chi connectivity index (χ4n) is 6.93. The minimum Gasteiger partial charge on any atom is -0.497 e. The van der Waals surface area contributed by atoms with Crippen LogP contribution in [0.15, 0.2) is 30.0 Å². The second kappa shape index (κ2) is 5.06. The Morgan fingerprint density at radius 1 is 1.41 bits per heavy atom. The lowest BCUT2D eigenvalue weighted by Gasteiger charge is -2.57. The summed E-state index contributed by atoms with van der Waals surface area (Å²) >= 11 is 0. The molecule has 2 bridgehead atoms. The predicted molar refractivity (Wildman–Crippen MR) is 98.4 cm³/mol. The maximum absolute atomic E-state index is 12.9. The summed E-state index contributed by atoms with van der Waals surface area (Å²) in [5.74, 6) is 0.968. The number of rotatable bonds is 1. The van der Waals surface area contributed by atoms with Crippen molar-refractivity contribution in [1.29, 1.82) is 0 Å². The van der Waals surface area contributed by atoms with Gasteiger partial charge in [-0.05, 0) is 42.5 Å². The number of amides is 1. The van der Waals surface area contributed by atoms with Crippen LogP contribution in [0.25, 0.3) is 0 Å². The number of benzene rings is 1. The Morgan fingerprint density at radius 2 is 2.26 bits per heavy atom. The number of carbonyl (C=O) groups is 1. The Morgan fingerprint density at radius 3 is 3.04 bits per heavy atom. The highest BCUT2D eigenvalue weighted by Crippen LogP contribution is 2.64. The molecule has 0 radical (unpaired) electrons. The number of hydrogen-bond donors (Lipinski definition) is 1. The Bertz CT molecular complexity index is 883. The highest BCUT2D eigenvalue weighted by molar-refractivity contribution is 5.96. The van der Waals surface area contributed by atoms with E-state index in [4.69, 9.17) is 9.47 Å². The number of ether oxygens (including phenoxy) is 2. The average Bonchev–Trinajstić information content (AvgIpc) is 3.19. The Balaban J connectivity index is 1.63. The van der Waals surface area contributed by atoms with E-state index in [1.165, 1.54) is 11.1 Å². The van der Waals surface area contributed by atoms with Crippen LogP contribution in [0.3, 0.4) is 0 Å². The third-order valence-electron chi connectivity index (χ3n) is 7.82. The van der Waals surface area contributed by atoms with E-state index in [0.29, 0.717) is 6.04 Å². The van der Waals surface area contributed by atoms with Crippen LogP contribution in [0.1, 0.15) is 25.3 Å². The van der Waals surface area contributed by atoms with Crippen LogP contribution in [0.2, 0.25) is 0 Å². The Kier molecular flexibility index (Phi) is 2.99. The molecule has 27 heavy (non-hydrogen) atoms. The number of nitrogens with zero attached hydrogens (tertiary/aromatic N) is 2. The highest BCUT2D eigenvalue weighted by atomic mass is 16.6. The molecular weight excluding hydrogens is 344 g/mol. The zero-order chi connectivity index (χ0) is 18.5. The lowest BCUT2D eigenvalue weighted by Crippen LogP contribution is -2.67. The monoisotopic (exact) mass is 368 g/mol. The molecule has 1 aromatic carbocycles. The van der Waals surface area contributed by atoms with Crippen molar-refractivity contribution in [2.45, 2.75) is 43.6 Å². The standard InChI is InChI=1S/C21H24N2O4/c1-11(24)23-16-7-13(26-2)3-4-15(16)21-5-6-22-9-12-10-27-20(25)18(19(21)23)14(12)8-17(21)22/h3-4,7,10,14,17-20,25H,5-6,8-9H2,1-2H3/t14-,17-,18+,19-,20+,21+/m0/s1. The summed E-state index contributed by atoms with van der Waals surface area (Å²) in [5, 5.41) is 10.8. The summed E-state index contributed by atoms with van der Waals surface area (Å²) in [6, 6.07) is 6.47. The molecule has 6 nitrogen and oxygen atoms in total. The summed E-state index contributed by atoms with van der Waals surface area (Å²) in [4.78, 5) is 17.4. The highest BCUT2D eigenvalue weighted by Gasteiger charge is 2.69. The number of fused-ring (bicyclic) bond motifs is 2. The smallest absolute Gasteiger partial charge is 0.224 e. The number of aliphatic hydroxyl groups is 1. The molecule has 6 rings (SSSR count). The second-order valence-corrected chi connectivity index (χ2v) is 8.63. The molecule has 3 fully saturated rings. The van der Waals surface area contributed by atoms with Crippen LogP contribution in [0, 0.1) is 11.8 Å². The number of carbonyl (C=O) groups excluding carboxylic acids is 1. The normalized spacial score (nSPS) is 40.8. The Labute approximate surface area is 158 Å². The third kappa shape index (κ3) is 1.72. The molecule has 1 saturated carbocycles. The second-order valence-electron chi connectivity index (χ2n) is 8.63. The van der Waals surface area contributed by atoms with E-state index < -0.39 is 6.29 Å². The first-order valence-corrected chi connectivity index (χ1v) is 9.81. The quantitative estimate of drug-likeness (QED) is 0.816. The fourth-order valence-corrected chi connectivity index (χ4v) is 6.93. The molecule has 1 amide bonds. The lowest BCUT2D eigenvalue weighted by atomic mass is 9.55. The minimum absolute atomic E-state index is 0.0214. The van der Waals surface area contributed by atoms with Gasteiger partial charge in [0.25, 0.3) is 0 Å². The van der Waals surface area contributed by atoms with E-state index in [9.17, 15) is 9.90 Å². The molecule has 2 saturated heterocycles. The molecule has 0 unspecified atom stereocenters. The Hall–Kier alpha value is -2.05. The van der Waals surface area contributed by atoms with E-state index in [0.717, 1.165) is 37.4 Å². The molecular formula is C21H24N2O4. The fraction of sp³-hybridized carbons (Fsp3) is 0.571. The topological polar surface area (TPSA) is 62.2 Å². The van der Waals surface area contributed by atoms with E-state index in [2.05, 4.69) is 11.0 Å². The lowest BCUT2D eigenvalue weighted by molar-refractivity contribution is -0.154. The van der Waals surface area contributed by atoms with E-state index >= 15 is 0 Å². The first-order valence-electron chi connectivity index (χ1n) is 9.81. The van der Waals surface area contributed by atoms with Gasteiger partial charge in [0.15, 0.2) is 0 Å². The van der Waals surface area contributed by atoms with Crippen LogP contribution in [-0.2, 0) is 14.9 Å². The summed E-state index contributed by atoms with van der Waals surface area (Å²) in [6.07, 6.45) is 2.95. The number of aliphatic hydroxyl groups excluding tert-OH is 1. The van der Waals surface area contributed by atoms with Gasteiger partial charge in [0, 0.05) is 36.9 Å². The zero-order valence-electron chi connectivity index (χ0n) is 15.6. The minimum atomic E-state index is -0.869. The molecule has 1 N–H and O–H groups in total. The van der Waals surface area contributed by atoms with Gasteiger partial charge in [0.05, 0.1) is 25.1 Å². The van der Waals surface area contributed by atoms with Gasteiger partial charge in [-0.3, -0.25) is 9.69 Å². The van der Waals surface area contributed by atoms with Gasteiger partial charge in [0.2, 0.25) is 12.2 Å². The molecule has 0 aromatic heterocycles. The van der Waals surface area contributed by atoms with Gasteiger partial charge in [-0.15, -0.1) is 0 Å². The van der Waals surface area contributed by atoms with Crippen LogP contribution >= 0.6 is 0 Å². The van der Waals surface area contributed by atoms with Crippen LogP contribution in [0.5, 0.6) is 5.75 Å². The van der Waals surface area contributed by atoms with Crippen molar-refractivity contribution in [3.05, 3.63) is 35.6 Å². The molecule has 6 heteroatoms. The first-order chi connectivity index (χ1) is 13.1. The van der Waals surface area contributed by atoms with Crippen LogP contribution in [0.4, 0.5) is 5.69 Å². The SMILES string of the molecule is COc1ccc2c(c1)N(C(C)=O)[C@H]1[C@@H]3[C@H](O)OC=C4CN5CC[C@]21[C@@H]5C[C@@H]43. The summed E-state index contributed by atoms with van der Waals surface area (Å²) in [7, 11) is 1.65. The van der Waals surface area contributed by atoms with Crippen molar-refractivity contribution < 1.29 is 19.4 Å². The summed E-state index contributed by atoms with van der Waals surface area (Å²) in [6.45, 7) is 3.57. The van der Waals surface area contributed by atoms with Gasteiger partial charge < -0.3 is 19.5 Å². The van der Waals surface area contributed by atoms with Gasteiger partial charge in [0.1, 0.15) is 5.75 Å². The van der Waals surface area contributed by atoms with E-state index in [1.54, 1.807) is 20.3 Å². The number of hydrogen-bond acceptors (Lipinski definition) is 5. The van der Waals surface area contributed by atoms with Gasteiger partial charge >= 0.3 is 0 Å². The maximum atomic E-state index is 12.9. The summed E-state index contributed by atoms with van der Waals surface area (Å²) in [5.41, 5.74) is 3.32. The largest absolute Gasteiger partial charge is 0.497 e. The molecule has 1 spiro atoms. The van der Waals surface area contributed by atoms with Crippen molar-refractivity contribution in [2.24, 2.45) is 11.8 Å². The van der Waals surface area contributed by atoms with Crippen molar-refractivity contribution in [3.63, 3.8) is 0 Å². The van der Waals surface area contributed by atoms with E-state index in [-0.39, 0.29) is 29.2 Å². The predicted octanol–water partition coefficient (Wildman–Crippen LogP) is 1.62. The summed E-state index contributed by atoms with van der Waals surface area (Å²) < 4.78 is 11.1. The average molecular weight is 368 g/mol.